The van der Waals surface area contributed by atoms with Crippen LogP contribution in [0, 0.1) is 0 Å². The molecule has 0 bridgehead atoms. The molecule has 1 fully saturated rings. The summed E-state index contributed by atoms with van der Waals surface area (Å²) >= 11 is 0.448. The normalized spacial score (nSPS) is 17.7. The Kier molecular flexibility index (Phi) is 11.4. The van der Waals surface area contributed by atoms with Gasteiger partial charge in [-0.1, -0.05) is 30.3 Å². The van der Waals surface area contributed by atoms with Crippen LogP contribution in [-0.4, -0.2) is 67.7 Å². The van der Waals surface area contributed by atoms with Gasteiger partial charge >= 0.3 is 107 Å². The van der Waals surface area contributed by atoms with Crippen molar-refractivity contribution < 1.29 is 24.6 Å². The third kappa shape index (κ3) is 9.32. The zero-order chi connectivity index (χ0) is 20.9. The summed E-state index contributed by atoms with van der Waals surface area (Å²) in [6, 6.07) is 7.62. The van der Waals surface area contributed by atoms with Crippen molar-refractivity contribution in [2.24, 2.45) is 5.73 Å². The maximum Gasteiger partial charge on any atom is 0.320 e. The largest absolute Gasteiger partial charge is 0.480 e. The van der Waals surface area contributed by atoms with Gasteiger partial charge in [0.25, 0.3) is 0 Å². The number of carboxylic acids is 2. The summed E-state index contributed by atoms with van der Waals surface area (Å²) in [5.74, 6) is -0.00495. The number of amides is 1. The van der Waals surface area contributed by atoms with E-state index in [2.05, 4.69) is 16.5 Å². The Labute approximate surface area is 171 Å². The molecule has 0 aromatic heterocycles. The van der Waals surface area contributed by atoms with E-state index in [1.165, 1.54) is 0 Å². The molecule has 1 saturated heterocycles. The monoisotopic (exact) mass is 459 g/mol. The first kappa shape index (κ1) is 24.1. The summed E-state index contributed by atoms with van der Waals surface area (Å²) < 4.78 is 0. The van der Waals surface area contributed by atoms with Gasteiger partial charge in [-0.2, -0.15) is 0 Å². The minimum atomic E-state index is -0.959. The van der Waals surface area contributed by atoms with Crippen molar-refractivity contribution >= 4 is 32.8 Å². The minimum absolute atomic E-state index is 0.173. The third-order valence-electron chi connectivity index (χ3n) is 4.22. The van der Waals surface area contributed by atoms with Crippen LogP contribution in [0.3, 0.4) is 0 Å². The van der Waals surface area contributed by atoms with Gasteiger partial charge in [-0.3, -0.25) is 4.79 Å². The van der Waals surface area contributed by atoms with E-state index in [-0.39, 0.29) is 11.9 Å². The van der Waals surface area contributed by atoms with Crippen LogP contribution in [0.4, 0.5) is 0 Å². The average molecular weight is 458 g/mol. The van der Waals surface area contributed by atoms with Crippen molar-refractivity contribution in [3.63, 3.8) is 0 Å². The molecule has 6 N–H and O–H groups in total. The standard InChI is InChI=1S/C10H18N2O3Se.C9H11NO2/c1-16-6-4-8(10(14)15)12-9(13)7-3-2-5-11-7;10-8(9(11)12)6-7-4-2-1-3-5-7/h7-8,11H,2-6H2,1H3,(H,12,13)(H,14,15);1-5,8H,6,10H2,(H,11,12)/t7-,8?;/m0./s1. The van der Waals surface area contributed by atoms with Gasteiger partial charge in [0.1, 0.15) is 6.04 Å². The number of rotatable bonds is 9. The van der Waals surface area contributed by atoms with E-state index in [1.54, 1.807) is 0 Å². The van der Waals surface area contributed by atoms with Crippen LogP contribution < -0.4 is 16.4 Å². The van der Waals surface area contributed by atoms with E-state index < -0.39 is 24.0 Å². The fraction of sp³-hybridized carbons (Fsp3) is 0.526. The number of benzene rings is 1. The summed E-state index contributed by atoms with van der Waals surface area (Å²) in [7, 11) is 0. The predicted molar refractivity (Wildman–Crippen MR) is 107 cm³/mol. The molecule has 9 heteroatoms. The van der Waals surface area contributed by atoms with Crippen molar-refractivity contribution in [2.75, 3.05) is 6.54 Å². The van der Waals surface area contributed by atoms with Crippen LogP contribution >= 0.6 is 0 Å². The topological polar surface area (TPSA) is 142 Å². The molecule has 28 heavy (non-hydrogen) atoms. The first-order chi connectivity index (χ1) is 13.3. The van der Waals surface area contributed by atoms with E-state index in [1.807, 2.05) is 30.3 Å². The number of carbonyl (C=O) groups excluding carboxylic acids is 1. The molecule has 0 aliphatic carbocycles. The molecule has 0 radical (unpaired) electrons. The van der Waals surface area contributed by atoms with Crippen LogP contribution in [0.1, 0.15) is 24.8 Å². The molecule has 0 spiro atoms. The molecule has 1 aliphatic heterocycles. The number of nitrogens with one attached hydrogen (secondary N) is 2. The van der Waals surface area contributed by atoms with Crippen LogP contribution in [-0.2, 0) is 20.8 Å². The Morgan fingerprint density at radius 2 is 1.93 bits per heavy atom. The number of aliphatic carboxylic acids is 2. The van der Waals surface area contributed by atoms with E-state index >= 15 is 0 Å². The van der Waals surface area contributed by atoms with Gasteiger partial charge in [0.15, 0.2) is 0 Å². The summed E-state index contributed by atoms with van der Waals surface area (Å²) in [5.41, 5.74) is 6.30. The van der Waals surface area contributed by atoms with Crippen LogP contribution in [0.2, 0.25) is 11.1 Å². The van der Waals surface area contributed by atoms with Crippen LogP contribution in [0.15, 0.2) is 30.3 Å². The Hall–Kier alpha value is -1.93. The molecule has 1 aromatic rings. The second kappa shape index (κ2) is 13.3. The van der Waals surface area contributed by atoms with Gasteiger partial charge < -0.3 is 10.8 Å². The molecule has 156 valence electrons. The summed E-state index contributed by atoms with van der Waals surface area (Å²) in [4.78, 5) is 33.0. The fourth-order valence-corrected chi connectivity index (χ4v) is 3.62. The van der Waals surface area contributed by atoms with Crippen molar-refractivity contribution in [1.82, 2.24) is 10.6 Å². The molecular formula is C19H29N3O5Se. The predicted octanol–water partition coefficient (Wildman–Crippen LogP) is 0.510. The number of hydrogen-bond donors (Lipinski definition) is 5. The van der Waals surface area contributed by atoms with Gasteiger partial charge in [-0.25, -0.2) is 0 Å². The van der Waals surface area contributed by atoms with Gasteiger partial charge in [0.2, 0.25) is 0 Å². The van der Waals surface area contributed by atoms with Crippen molar-refractivity contribution in [1.29, 1.82) is 0 Å². The van der Waals surface area contributed by atoms with Crippen molar-refractivity contribution in [2.45, 2.75) is 55.0 Å². The van der Waals surface area contributed by atoms with Gasteiger partial charge in [-0.05, 0) is 12.0 Å². The second-order valence-corrected chi connectivity index (χ2v) is 8.53. The Morgan fingerprint density at radius 1 is 1.25 bits per heavy atom. The fourth-order valence-electron chi connectivity index (χ4n) is 2.63. The zero-order valence-electron chi connectivity index (χ0n) is 16.0. The minimum Gasteiger partial charge on any atom is -0.480 e. The van der Waals surface area contributed by atoms with E-state index in [0.717, 1.165) is 30.3 Å². The molecule has 2 unspecified atom stereocenters. The van der Waals surface area contributed by atoms with Gasteiger partial charge in [0.05, 0.1) is 0 Å². The SMILES string of the molecule is C[Se]CCC(NC(=O)[C@@H]1CCCN1)C(=O)O.NC(Cc1ccccc1)C(=O)O. The second-order valence-electron chi connectivity index (χ2n) is 6.46. The Balaban J connectivity index is 0.000000292. The zero-order valence-corrected chi connectivity index (χ0v) is 17.7. The molecule has 1 aliphatic rings. The van der Waals surface area contributed by atoms with Gasteiger partial charge in [-0.15, -0.1) is 0 Å². The summed E-state index contributed by atoms with van der Waals surface area (Å²) in [6.45, 7) is 0.841. The van der Waals surface area contributed by atoms with Crippen LogP contribution in [0.5, 0.6) is 0 Å². The number of carbonyl (C=O) groups is 3. The molecule has 3 atom stereocenters. The molecule has 8 nitrogen and oxygen atoms in total. The van der Waals surface area contributed by atoms with Crippen molar-refractivity contribution in [3.05, 3.63) is 35.9 Å². The molecular weight excluding hydrogens is 429 g/mol. The summed E-state index contributed by atoms with van der Waals surface area (Å²) in [6.07, 6.45) is 2.70. The first-order valence-corrected chi connectivity index (χ1v) is 12.1. The van der Waals surface area contributed by atoms with E-state index in [0.29, 0.717) is 27.8 Å². The average Bonchev–Trinajstić information content (AvgIpc) is 3.21. The number of hydrogen-bond acceptors (Lipinski definition) is 5. The smallest absolute Gasteiger partial charge is 0.320 e. The number of carboxylic acid groups (broad SMARTS) is 2. The first-order valence-electron chi connectivity index (χ1n) is 9.13. The van der Waals surface area contributed by atoms with E-state index in [9.17, 15) is 14.4 Å². The quantitative estimate of drug-likeness (QED) is 0.340. The molecule has 0 saturated carbocycles. The summed E-state index contributed by atoms with van der Waals surface area (Å²) in [5, 5.41) is 24.0. The maximum absolute atomic E-state index is 11.7. The van der Waals surface area contributed by atoms with Crippen LogP contribution in [0.25, 0.3) is 0 Å². The molecule has 1 aromatic carbocycles. The molecule has 1 heterocycles. The van der Waals surface area contributed by atoms with Crippen molar-refractivity contribution in [3.8, 4) is 0 Å². The molecule has 2 rings (SSSR count). The number of nitrogens with two attached hydrogens (primary N) is 1. The Morgan fingerprint density at radius 3 is 2.43 bits per heavy atom. The third-order valence-corrected chi connectivity index (χ3v) is 5.57. The van der Waals surface area contributed by atoms with E-state index in [4.69, 9.17) is 15.9 Å². The molecule has 1 amide bonds. The Bertz CT molecular complexity index is 623. The van der Waals surface area contributed by atoms with Gasteiger partial charge in [0, 0.05) is 0 Å². The maximum atomic E-state index is 11.7.